The Morgan fingerprint density at radius 1 is 1.58 bits per heavy atom. The molecule has 0 bridgehead atoms. The van der Waals surface area contributed by atoms with Gasteiger partial charge in [0.25, 0.3) is 0 Å². The third-order valence-electron chi connectivity index (χ3n) is 2.77. The van der Waals surface area contributed by atoms with E-state index in [9.17, 15) is 4.79 Å². The van der Waals surface area contributed by atoms with Crippen LogP contribution in [0.1, 0.15) is 40.0 Å². The van der Waals surface area contributed by atoms with E-state index in [1.807, 2.05) is 0 Å². The Morgan fingerprint density at radius 2 is 2.17 bits per heavy atom. The Kier molecular flexibility index (Phi) is 2.87. The molecule has 1 saturated carbocycles. The van der Waals surface area contributed by atoms with Gasteiger partial charge in [-0.15, -0.1) is 0 Å². The minimum atomic E-state index is -0.0392. The lowest BCUT2D eigenvalue weighted by Gasteiger charge is -2.33. The fourth-order valence-electron chi connectivity index (χ4n) is 1.93. The molecule has 0 unspecified atom stereocenters. The largest absolute Gasteiger partial charge is 0.299 e. The van der Waals surface area contributed by atoms with Gasteiger partial charge in [0, 0.05) is 17.1 Å². The molecule has 0 spiro atoms. The fraction of sp³-hybridized carbons (Fsp3) is 0.900. The lowest BCUT2D eigenvalue weighted by Crippen LogP contribution is -2.35. The van der Waals surface area contributed by atoms with Crippen LogP contribution in [0.5, 0.6) is 0 Å². The van der Waals surface area contributed by atoms with Gasteiger partial charge in [0.15, 0.2) is 0 Å². The van der Waals surface area contributed by atoms with E-state index in [0.717, 1.165) is 12.8 Å². The normalized spacial score (nSPS) is 37.4. The highest BCUT2D eigenvalue weighted by molar-refractivity contribution is 7.81. The van der Waals surface area contributed by atoms with Crippen LogP contribution >= 0.6 is 12.6 Å². The average Bonchev–Trinajstić information content (AvgIpc) is 1.83. The summed E-state index contributed by atoms with van der Waals surface area (Å²) in [6.45, 7) is 6.32. The van der Waals surface area contributed by atoms with E-state index >= 15 is 0 Å². The second-order valence-corrected chi connectivity index (χ2v) is 5.61. The van der Waals surface area contributed by atoms with E-state index in [0.29, 0.717) is 24.0 Å². The average molecular weight is 186 g/mol. The van der Waals surface area contributed by atoms with Crippen molar-refractivity contribution in [2.24, 2.45) is 11.8 Å². The van der Waals surface area contributed by atoms with Crippen LogP contribution in [-0.2, 0) is 4.79 Å². The third kappa shape index (κ3) is 2.25. The number of thiol groups is 1. The van der Waals surface area contributed by atoms with Crippen molar-refractivity contribution in [1.82, 2.24) is 0 Å². The Bertz CT molecular complexity index is 184. The second kappa shape index (κ2) is 3.41. The number of Topliss-reactive ketones (excluding diaryl/α,β-unsaturated/α-hetero) is 1. The van der Waals surface area contributed by atoms with E-state index < -0.39 is 0 Å². The Hall–Kier alpha value is 0.0200. The van der Waals surface area contributed by atoms with E-state index in [1.54, 1.807) is 0 Å². The maximum absolute atomic E-state index is 11.6. The first-order valence-corrected chi connectivity index (χ1v) is 5.12. The monoisotopic (exact) mass is 186 g/mol. The molecule has 70 valence electrons. The predicted molar refractivity (Wildman–Crippen MR) is 54.6 cm³/mol. The molecule has 0 radical (unpaired) electrons. The molecule has 1 aliphatic carbocycles. The van der Waals surface area contributed by atoms with Gasteiger partial charge in [-0.25, -0.2) is 0 Å². The summed E-state index contributed by atoms with van der Waals surface area (Å²) in [5.74, 6) is 1.21. The van der Waals surface area contributed by atoms with Crippen molar-refractivity contribution in [2.75, 3.05) is 0 Å². The van der Waals surface area contributed by atoms with Crippen LogP contribution in [0.15, 0.2) is 0 Å². The van der Waals surface area contributed by atoms with Gasteiger partial charge >= 0.3 is 0 Å². The van der Waals surface area contributed by atoms with Gasteiger partial charge in [-0.2, -0.15) is 12.6 Å². The van der Waals surface area contributed by atoms with Gasteiger partial charge in [-0.3, -0.25) is 4.79 Å². The number of rotatable bonds is 1. The molecule has 2 heteroatoms. The molecule has 1 nitrogen and oxygen atoms in total. The smallest absolute Gasteiger partial charge is 0.137 e. The van der Waals surface area contributed by atoms with Crippen LogP contribution in [-0.4, -0.2) is 10.5 Å². The summed E-state index contributed by atoms with van der Waals surface area (Å²) < 4.78 is -0.0392. The van der Waals surface area contributed by atoms with Crippen molar-refractivity contribution in [3.63, 3.8) is 0 Å². The van der Waals surface area contributed by atoms with Crippen molar-refractivity contribution >= 4 is 18.4 Å². The van der Waals surface area contributed by atoms with Crippen LogP contribution < -0.4 is 0 Å². The fourth-order valence-corrected chi connectivity index (χ4v) is 2.21. The van der Waals surface area contributed by atoms with E-state index in [4.69, 9.17) is 0 Å². The van der Waals surface area contributed by atoms with Gasteiger partial charge in [0.1, 0.15) is 5.78 Å². The molecule has 1 rings (SSSR count). The molecule has 12 heavy (non-hydrogen) atoms. The standard InChI is InChI=1S/C10H18OS/c1-7(2)8-4-5-10(3,12)6-9(8)11/h7-8,12H,4-6H2,1-3H3/t8-,10+/m0/s1. The predicted octanol–water partition coefficient (Wildman–Crippen LogP) is 2.70. The molecular formula is C10H18OS. The molecule has 0 aliphatic heterocycles. The molecule has 1 fully saturated rings. The maximum Gasteiger partial charge on any atom is 0.137 e. The lowest BCUT2D eigenvalue weighted by molar-refractivity contribution is -0.126. The van der Waals surface area contributed by atoms with E-state index in [-0.39, 0.29) is 4.75 Å². The number of hydrogen-bond donors (Lipinski definition) is 1. The molecular weight excluding hydrogens is 168 g/mol. The molecule has 0 amide bonds. The molecule has 0 N–H and O–H groups in total. The molecule has 1 aliphatic rings. The Labute approximate surface area is 80.3 Å². The molecule has 2 atom stereocenters. The van der Waals surface area contributed by atoms with Gasteiger partial charge in [0.05, 0.1) is 0 Å². The molecule has 0 heterocycles. The molecule has 0 aromatic rings. The second-order valence-electron chi connectivity index (χ2n) is 4.53. The van der Waals surface area contributed by atoms with E-state index in [1.165, 1.54) is 0 Å². The molecule has 0 aromatic carbocycles. The third-order valence-corrected chi connectivity index (χ3v) is 3.15. The van der Waals surface area contributed by atoms with Crippen LogP contribution in [0.25, 0.3) is 0 Å². The first-order valence-electron chi connectivity index (χ1n) is 4.67. The van der Waals surface area contributed by atoms with Crippen molar-refractivity contribution in [1.29, 1.82) is 0 Å². The zero-order valence-electron chi connectivity index (χ0n) is 8.13. The topological polar surface area (TPSA) is 17.1 Å². The minimum Gasteiger partial charge on any atom is -0.299 e. The van der Waals surface area contributed by atoms with E-state index in [2.05, 4.69) is 33.4 Å². The summed E-state index contributed by atoms with van der Waals surface area (Å²) >= 11 is 4.47. The minimum absolute atomic E-state index is 0.0392. The van der Waals surface area contributed by atoms with Crippen LogP contribution in [0.4, 0.5) is 0 Å². The zero-order chi connectivity index (χ0) is 9.35. The van der Waals surface area contributed by atoms with Gasteiger partial charge in [0.2, 0.25) is 0 Å². The number of carbonyl (C=O) groups is 1. The maximum atomic E-state index is 11.6. The van der Waals surface area contributed by atoms with Crippen LogP contribution in [0, 0.1) is 11.8 Å². The van der Waals surface area contributed by atoms with Gasteiger partial charge in [-0.1, -0.05) is 20.8 Å². The van der Waals surface area contributed by atoms with Gasteiger partial charge in [-0.05, 0) is 18.8 Å². The van der Waals surface area contributed by atoms with Crippen molar-refractivity contribution in [2.45, 2.75) is 44.8 Å². The highest BCUT2D eigenvalue weighted by atomic mass is 32.1. The SMILES string of the molecule is CC(C)[C@@H]1CC[C@@](C)(S)CC1=O. The quantitative estimate of drug-likeness (QED) is 0.623. The van der Waals surface area contributed by atoms with Crippen LogP contribution in [0.3, 0.4) is 0 Å². The van der Waals surface area contributed by atoms with Gasteiger partial charge < -0.3 is 0 Å². The first-order chi connectivity index (χ1) is 5.42. The number of carbonyl (C=O) groups excluding carboxylic acids is 1. The van der Waals surface area contributed by atoms with Crippen molar-refractivity contribution in [3.8, 4) is 0 Å². The summed E-state index contributed by atoms with van der Waals surface area (Å²) in [5, 5.41) is 0. The van der Waals surface area contributed by atoms with Crippen molar-refractivity contribution < 1.29 is 4.79 Å². The summed E-state index contributed by atoms with van der Waals surface area (Å²) in [6.07, 6.45) is 2.75. The lowest BCUT2D eigenvalue weighted by atomic mass is 9.76. The van der Waals surface area contributed by atoms with Crippen molar-refractivity contribution in [3.05, 3.63) is 0 Å². The highest BCUT2D eigenvalue weighted by Gasteiger charge is 2.35. The first kappa shape index (κ1) is 10.1. The number of ketones is 1. The molecule has 0 saturated heterocycles. The summed E-state index contributed by atoms with van der Waals surface area (Å²) in [6, 6.07) is 0. The zero-order valence-corrected chi connectivity index (χ0v) is 9.03. The Morgan fingerprint density at radius 3 is 2.58 bits per heavy atom. The summed E-state index contributed by atoms with van der Waals surface area (Å²) in [5.41, 5.74) is 0. The summed E-state index contributed by atoms with van der Waals surface area (Å²) in [7, 11) is 0. The number of hydrogen-bond acceptors (Lipinski definition) is 2. The summed E-state index contributed by atoms with van der Waals surface area (Å²) in [4.78, 5) is 11.6. The molecule has 0 aromatic heterocycles. The Balaban J connectivity index is 2.60. The highest BCUT2D eigenvalue weighted by Crippen LogP contribution is 2.36. The van der Waals surface area contributed by atoms with Crippen LogP contribution in [0.2, 0.25) is 0 Å².